The average Bonchev–Trinajstić information content (AvgIpc) is 3.80. The lowest BCUT2D eigenvalue weighted by atomic mass is 9.69. The summed E-state index contributed by atoms with van der Waals surface area (Å²) in [4.78, 5) is 15.6. The van der Waals surface area contributed by atoms with E-state index in [4.69, 9.17) is 4.98 Å². The van der Waals surface area contributed by atoms with Gasteiger partial charge in [0, 0.05) is 35.3 Å². The summed E-state index contributed by atoms with van der Waals surface area (Å²) in [5.41, 5.74) is 16.3. The lowest BCUT2D eigenvalue weighted by Crippen LogP contribution is -2.32. The van der Waals surface area contributed by atoms with Crippen molar-refractivity contribution in [2.45, 2.75) is 77.0 Å². The van der Waals surface area contributed by atoms with Crippen LogP contribution < -0.4 is 4.90 Å². The van der Waals surface area contributed by atoms with E-state index in [1.54, 1.807) is 0 Å². The SMILES string of the molecule is CC(C)(C)c1ccc2c(c1)-c1cc(C(C)(C)C)ccc1C2(c1cccc(N2c3ccccc3C(C)(C)c3ccc(-c4ncc[nH]4)cc32)c1)c1ccccn1. The van der Waals surface area contributed by atoms with Crippen molar-refractivity contribution < 1.29 is 0 Å². The van der Waals surface area contributed by atoms with Crippen molar-refractivity contribution in [3.05, 3.63) is 185 Å². The molecule has 1 aliphatic carbocycles. The van der Waals surface area contributed by atoms with Gasteiger partial charge in [0.1, 0.15) is 5.82 Å². The third kappa shape index (κ3) is 5.03. The van der Waals surface area contributed by atoms with Crippen molar-refractivity contribution in [1.29, 1.82) is 0 Å². The summed E-state index contributed by atoms with van der Waals surface area (Å²) in [6, 6.07) is 45.6. The molecule has 1 aliphatic heterocycles. The first kappa shape index (κ1) is 34.1. The molecule has 0 fully saturated rings. The molecule has 268 valence electrons. The first-order chi connectivity index (χ1) is 25.8. The second kappa shape index (κ2) is 11.9. The average molecular weight is 705 g/mol. The highest BCUT2D eigenvalue weighted by Crippen LogP contribution is 2.58. The zero-order chi connectivity index (χ0) is 37.6. The predicted molar refractivity (Wildman–Crippen MR) is 223 cm³/mol. The Hall–Kier alpha value is -5.74. The van der Waals surface area contributed by atoms with Crippen LogP contribution >= 0.6 is 0 Å². The van der Waals surface area contributed by atoms with Crippen LogP contribution in [0.15, 0.2) is 140 Å². The highest BCUT2D eigenvalue weighted by molar-refractivity contribution is 5.90. The largest absolute Gasteiger partial charge is 0.345 e. The number of aromatic nitrogens is 3. The van der Waals surface area contributed by atoms with E-state index in [2.05, 4.69) is 186 Å². The molecule has 0 saturated heterocycles. The van der Waals surface area contributed by atoms with Crippen molar-refractivity contribution in [2.75, 3.05) is 4.90 Å². The predicted octanol–water partition coefficient (Wildman–Crippen LogP) is 12.5. The summed E-state index contributed by atoms with van der Waals surface area (Å²) in [5.74, 6) is 0.862. The van der Waals surface area contributed by atoms with Crippen LogP contribution in [-0.4, -0.2) is 15.0 Å². The highest BCUT2D eigenvalue weighted by atomic mass is 15.2. The van der Waals surface area contributed by atoms with Crippen LogP contribution in [-0.2, 0) is 21.7 Å². The van der Waals surface area contributed by atoms with Crippen molar-refractivity contribution >= 4 is 17.1 Å². The van der Waals surface area contributed by atoms with Gasteiger partial charge in [0.25, 0.3) is 0 Å². The number of H-pyrrole nitrogens is 1. The molecule has 0 amide bonds. The van der Waals surface area contributed by atoms with Gasteiger partial charge in [-0.05, 0) is 97.3 Å². The van der Waals surface area contributed by atoms with Gasteiger partial charge >= 0.3 is 0 Å². The quantitative estimate of drug-likeness (QED) is 0.198. The molecule has 54 heavy (non-hydrogen) atoms. The minimum atomic E-state index is -0.637. The molecular formula is C50H48N4. The summed E-state index contributed by atoms with van der Waals surface area (Å²) in [7, 11) is 0. The van der Waals surface area contributed by atoms with Crippen LogP contribution in [0, 0.1) is 0 Å². The second-order valence-corrected chi connectivity index (χ2v) is 17.7. The Morgan fingerprint density at radius 3 is 1.83 bits per heavy atom. The van der Waals surface area contributed by atoms with Crippen LogP contribution in [0.5, 0.6) is 0 Å². The fourth-order valence-corrected chi connectivity index (χ4v) is 9.03. The molecule has 2 aromatic heterocycles. The van der Waals surface area contributed by atoms with Gasteiger partial charge < -0.3 is 9.88 Å². The molecule has 9 rings (SSSR count). The van der Waals surface area contributed by atoms with Gasteiger partial charge in [0.05, 0.1) is 22.5 Å². The molecule has 0 bridgehead atoms. The molecule has 3 heterocycles. The fourth-order valence-electron chi connectivity index (χ4n) is 9.03. The molecule has 5 aromatic carbocycles. The topological polar surface area (TPSA) is 44.8 Å². The van der Waals surface area contributed by atoms with E-state index < -0.39 is 5.41 Å². The molecular weight excluding hydrogens is 657 g/mol. The zero-order valence-electron chi connectivity index (χ0n) is 32.6. The number of benzene rings is 5. The monoisotopic (exact) mass is 704 g/mol. The number of aromatic amines is 1. The van der Waals surface area contributed by atoms with Gasteiger partial charge in [-0.3, -0.25) is 4.98 Å². The maximum atomic E-state index is 5.20. The van der Waals surface area contributed by atoms with Gasteiger partial charge in [-0.2, -0.15) is 0 Å². The summed E-state index contributed by atoms with van der Waals surface area (Å²) in [5, 5.41) is 0. The van der Waals surface area contributed by atoms with E-state index in [0.29, 0.717) is 0 Å². The van der Waals surface area contributed by atoms with Gasteiger partial charge in [-0.1, -0.05) is 140 Å². The Morgan fingerprint density at radius 2 is 1.20 bits per heavy atom. The molecule has 0 spiro atoms. The number of fused-ring (bicyclic) bond motifs is 5. The van der Waals surface area contributed by atoms with E-state index in [1.165, 1.54) is 55.8 Å². The van der Waals surface area contributed by atoms with E-state index in [9.17, 15) is 0 Å². The van der Waals surface area contributed by atoms with E-state index in [0.717, 1.165) is 28.5 Å². The molecule has 4 heteroatoms. The Morgan fingerprint density at radius 1 is 0.556 bits per heavy atom. The Bertz CT molecular complexity index is 2480. The highest BCUT2D eigenvalue weighted by Gasteiger charge is 2.48. The van der Waals surface area contributed by atoms with Gasteiger partial charge in [0.15, 0.2) is 0 Å². The summed E-state index contributed by atoms with van der Waals surface area (Å²) in [6.45, 7) is 18.5. The third-order valence-electron chi connectivity index (χ3n) is 12.0. The van der Waals surface area contributed by atoms with Crippen LogP contribution in [0.3, 0.4) is 0 Å². The third-order valence-corrected chi connectivity index (χ3v) is 12.0. The van der Waals surface area contributed by atoms with Gasteiger partial charge in [-0.25, -0.2) is 4.98 Å². The smallest absolute Gasteiger partial charge is 0.137 e. The molecule has 0 radical (unpaired) electrons. The van der Waals surface area contributed by atoms with Crippen LogP contribution in [0.2, 0.25) is 0 Å². The molecule has 0 atom stereocenters. The van der Waals surface area contributed by atoms with E-state index in [1.807, 2.05) is 24.7 Å². The molecule has 4 nitrogen and oxygen atoms in total. The van der Waals surface area contributed by atoms with Crippen molar-refractivity contribution in [2.24, 2.45) is 0 Å². The number of anilines is 3. The number of nitrogens with zero attached hydrogens (tertiary/aromatic N) is 3. The molecule has 1 N–H and O–H groups in total. The van der Waals surface area contributed by atoms with E-state index >= 15 is 0 Å². The second-order valence-electron chi connectivity index (χ2n) is 17.7. The lowest BCUT2D eigenvalue weighted by molar-refractivity contribution is 0.589. The molecule has 7 aromatic rings. The van der Waals surface area contributed by atoms with Crippen molar-refractivity contribution in [3.8, 4) is 22.5 Å². The maximum Gasteiger partial charge on any atom is 0.137 e. The lowest BCUT2D eigenvalue weighted by Gasteiger charge is -2.42. The van der Waals surface area contributed by atoms with Crippen LogP contribution in [0.1, 0.15) is 100 Å². The standard InChI is InChI=1S/C50H48N4/c1-47(2,3)33-20-23-39-37(30-33)38-31-34(48(4,5)6)21-24-40(38)50(39,45-18-11-12-25-51-45)35-14-13-15-36(29-35)54-43-17-10-9-16-41(43)49(7,8)42-22-19-32(28-44(42)54)46-52-26-27-53-46/h9-31H,1-8H3,(H,52,53). The Labute approximate surface area is 320 Å². The first-order valence-electron chi connectivity index (χ1n) is 19.2. The van der Waals surface area contributed by atoms with Crippen molar-refractivity contribution in [1.82, 2.24) is 15.0 Å². The van der Waals surface area contributed by atoms with Gasteiger partial charge in [-0.15, -0.1) is 0 Å². The summed E-state index contributed by atoms with van der Waals surface area (Å²) < 4.78 is 0. The Kier molecular flexibility index (Phi) is 7.49. The molecule has 0 saturated carbocycles. The van der Waals surface area contributed by atoms with E-state index in [-0.39, 0.29) is 16.2 Å². The maximum absolute atomic E-state index is 5.20. The number of nitrogens with one attached hydrogen (secondary N) is 1. The normalized spacial score (nSPS) is 15.3. The number of hydrogen-bond acceptors (Lipinski definition) is 3. The minimum absolute atomic E-state index is 0.00428. The number of pyridine rings is 1. The van der Waals surface area contributed by atoms with Crippen molar-refractivity contribution in [3.63, 3.8) is 0 Å². The number of rotatable bonds is 4. The van der Waals surface area contributed by atoms with Crippen LogP contribution in [0.4, 0.5) is 17.1 Å². The number of hydrogen-bond donors (Lipinski definition) is 1. The number of imidazole rings is 1. The summed E-state index contributed by atoms with van der Waals surface area (Å²) >= 11 is 0. The van der Waals surface area contributed by atoms with Gasteiger partial charge in [0.2, 0.25) is 0 Å². The minimum Gasteiger partial charge on any atom is -0.345 e. The first-order valence-corrected chi connectivity index (χ1v) is 19.2. The summed E-state index contributed by atoms with van der Waals surface area (Å²) in [6.07, 6.45) is 5.65. The fraction of sp³-hybridized carbons (Fsp3) is 0.240. The number of para-hydroxylation sites is 1. The van der Waals surface area contributed by atoms with Crippen LogP contribution in [0.25, 0.3) is 22.5 Å². The molecule has 2 aliphatic rings. The Balaban J connectivity index is 1.34. The molecule has 0 unspecified atom stereocenters. The zero-order valence-corrected chi connectivity index (χ0v) is 32.6.